The van der Waals surface area contributed by atoms with Gasteiger partial charge >= 0.3 is 18.2 Å². The summed E-state index contributed by atoms with van der Waals surface area (Å²) in [6.07, 6.45) is -7.35. The maximum atomic E-state index is 12.7. The second-order valence-corrected chi connectivity index (χ2v) is 5.70. The molecule has 2 N–H and O–H groups in total. The third-order valence-electron chi connectivity index (χ3n) is 2.78. The van der Waals surface area contributed by atoms with Crippen LogP contribution in [0.15, 0.2) is 0 Å². The zero-order valence-electron chi connectivity index (χ0n) is 11.2. The largest absolute Gasteiger partial charge is 0.480 e. The van der Waals surface area contributed by atoms with Crippen molar-refractivity contribution in [3.63, 3.8) is 0 Å². The number of carboxylic acid groups (broad SMARTS) is 1. The molecule has 0 aromatic carbocycles. The van der Waals surface area contributed by atoms with Crippen molar-refractivity contribution in [2.75, 3.05) is 6.54 Å². The standard InChI is InChI=1S/C11H16F3NO5/c1-9(2,3)20-8(18)15-5-10(19,11(12,13)14)4-6(15)7(16)17/h6,19H,4-5H2,1-3H3,(H,16,17)/t6-,10+/m0/s1. The number of rotatable bonds is 1. The molecule has 116 valence electrons. The second-order valence-electron chi connectivity index (χ2n) is 5.70. The smallest absolute Gasteiger partial charge is 0.419 e. The van der Waals surface area contributed by atoms with Crippen LogP contribution in [0.5, 0.6) is 0 Å². The van der Waals surface area contributed by atoms with E-state index in [1.807, 2.05) is 0 Å². The number of hydrogen-bond acceptors (Lipinski definition) is 4. The van der Waals surface area contributed by atoms with Crippen molar-refractivity contribution in [1.29, 1.82) is 0 Å². The van der Waals surface area contributed by atoms with Gasteiger partial charge in [-0.05, 0) is 20.8 Å². The van der Waals surface area contributed by atoms with Crippen molar-refractivity contribution in [3.05, 3.63) is 0 Å². The lowest BCUT2D eigenvalue weighted by atomic mass is 10.00. The molecule has 9 heteroatoms. The molecule has 1 aliphatic heterocycles. The van der Waals surface area contributed by atoms with Gasteiger partial charge in [-0.25, -0.2) is 9.59 Å². The molecule has 0 bridgehead atoms. The summed E-state index contributed by atoms with van der Waals surface area (Å²) in [5.74, 6) is -1.63. The topological polar surface area (TPSA) is 87.1 Å². The van der Waals surface area contributed by atoms with Gasteiger partial charge < -0.3 is 14.9 Å². The maximum absolute atomic E-state index is 12.7. The van der Waals surface area contributed by atoms with E-state index in [9.17, 15) is 27.9 Å². The first kappa shape index (κ1) is 16.5. The molecule has 1 amide bonds. The second kappa shape index (κ2) is 4.80. The molecule has 1 heterocycles. The minimum atomic E-state index is -5.03. The molecule has 1 fully saturated rings. The van der Waals surface area contributed by atoms with Crippen LogP contribution in [-0.4, -0.2) is 57.1 Å². The van der Waals surface area contributed by atoms with Crippen molar-refractivity contribution in [3.8, 4) is 0 Å². The Morgan fingerprint density at radius 3 is 2.15 bits per heavy atom. The van der Waals surface area contributed by atoms with Crippen LogP contribution in [0.2, 0.25) is 0 Å². The Morgan fingerprint density at radius 2 is 1.80 bits per heavy atom. The van der Waals surface area contributed by atoms with Gasteiger partial charge in [-0.1, -0.05) is 0 Å². The SMILES string of the molecule is CC(C)(C)OC(=O)N1C[C@@](O)(C(F)(F)F)C[C@H]1C(=O)O. The molecule has 1 aliphatic rings. The summed E-state index contributed by atoms with van der Waals surface area (Å²) in [4.78, 5) is 23.1. The van der Waals surface area contributed by atoms with Crippen LogP contribution in [0.1, 0.15) is 27.2 Å². The number of aliphatic hydroxyl groups is 1. The molecule has 0 aromatic rings. The Hall–Kier alpha value is -1.51. The molecule has 0 radical (unpaired) electrons. The van der Waals surface area contributed by atoms with Gasteiger partial charge in [0.1, 0.15) is 11.6 Å². The van der Waals surface area contributed by atoms with Crippen LogP contribution in [0.25, 0.3) is 0 Å². The van der Waals surface area contributed by atoms with Gasteiger partial charge in [0.25, 0.3) is 0 Å². The summed E-state index contributed by atoms with van der Waals surface area (Å²) in [5.41, 5.74) is -4.23. The highest BCUT2D eigenvalue weighted by Gasteiger charge is 2.62. The number of ether oxygens (including phenoxy) is 1. The molecule has 0 spiro atoms. The fourth-order valence-electron chi connectivity index (χ4n) is 1.82. The van der Waals surface area contributed by atoms with E-state index in [1.165, 1.54) is 20.8 Å². The van der Waals surface area contributed by atoms with Crippen molar-refractivity contribution in [2.45, 2.75) is 50.6 Å². The monoisotopic (exact) mass is 299 g/mol. The van der Waals surface area contributed by atoms with E-state index in [0.717, 1.165) is 0 Å². The summed E-state index contributed by atoms with van der Waals surface area (Å²) in [6.45, 7) is 3.31. The van der Waals surface area contributed by atoms with Crippen LogP contribution < -0.4 is 0 Å². The van der Waals surface area contributed by atoms with Crippen LogP contribution >= 0.6 is 0 Å². The van der Waals surface area contributed by atoms with Gasteiger partial charge in [0, 0.05) is 6.42 Å². The number of carboxylic acids is 1. The van der Waals surface area contributed by atoms with Gasteiger partial charge in [0.05, 0.1) is 6.54 Å². The third-order valence-corrected chi connectivity index (χ3v) is 2.78. The summed E-state index contributed by atoms with van der Waals surface area (Å²) in [6, 6.07) is -1.78. The molecule has 6 nitrogen and oxygen atoms in total. The Balaban J connectivity index is 3.00. The fraction of sp³-hybridized carbons (Fsp3) is 0.818. The third kappa shape index (κ3) is 3.33. The van der Waals surface area contributed by atoms with E-state index in [1.54, 1.807) is 0 Å². The number of likely N-dealkylation sites (tertiary alicyclic amines) is 1. The normalized spacial score (nSPS) is 27.6. The van der Waals surface area contributed by atoms with E-state index in [-0.39, 0.29) is 0 Å². The zero-order valence-corrected chi connectivity index (χ0v) is 11.2. The first-order valence-electron chi connectivity index (χ1n) is 5.78. The Bertz CT molecular complexity index is 417. The van der Waals surface area contributed by atoms with Gasteiger partial charge in [-0.3, -0.25) is 4.90 Å². The number of halogens is 3. The van der Waals surface area contributed by atoms with Crippen LogP contribution in [0.3, 0.4) is 0 Å². The van der Waals surface area contributed by atoms with E-state index in [2.05, 4.69) is 0 Å². The quantitative estimate of drug-likeness (QED) is 0.763. The van der Waals surface area contributed by atoms with Crippen molar-refractivity contribution in [2.24, 2.45) is 0 Å². The molecule has 0 unspecified atom stereocenters. The molecule has 0 aromatic heterocycles. The molecular formula is C11H16F3NO5. The van der Waals surface area contributed by atoms with Crippen molar-refractivity contribution in [1.82, 2.24) is 4.90 Å². The fourth-order valence-corrected chi connectivity index (χ4v) is 1.82. The Labute approximate surface area is 113 Å². The van der Waals surface area contributed by atoms with E-state index < -0.39 is 48.4 Å². The number of nitrogens with zero attached hydrogens (tertiary/aromatic N) is 1. The average Bonchev–Trinajstić information content (AvgIpc) is 2.54. The summed E-state index contributed by atoms with van der Waals surface area (Å²) < 4.78 is 43.1. The number of hydrogen-bond donors (Lipinski definition) is 2. The summed E-state index contributed by atoms with van der Waals surface area (Å²) in [5, 5.41) is 18.4. The lowest BCUT2D eigenvalue weighted by Crippen LogP contribution is -2.48. The predicted molar refractivity (Wildman–Crippen MR) is 60.0 cm³/mol. The van der Waals surface area contributed by atoms with E-state index in [4.69, 9.17) is 9.84 Å². The van der Waals surface area contributed by atoms with Crippen LogP contribution in [0.4, 0.5) is 18.0 Å². The molecule has 20 heavy (non-hydrogen) atoms. The minimum Gasteiger partial charge on any atom is -0.480 e. The Kier molecular flexibility index (Phi) is 3.97. The number of aliphatic carboxylic acids is 1. The van der Waals surface area contributed by atoms with Gasteiger partial charge in [0.15, 0.2) is 5.60 Å². The molecule has 1 saturated heterocycles. The highest BCUT2D eigenvalue weighted by Crippen LogP contribution is 2.40. The van der Waals surface area contributed by atoms with Crippen molar-refractivity contribution >= 4 is 12.1 Å². The average molecular weight is 299 g/mol. The number of amides is 1. The first-order valence-corrected chi connectivity index (χ1v) is 5.78. The first-order chi connectivity index (χ1) is 8.77. The Morgan fingerprint density at radius 1 is 1.30 bits per heavy atom. The number of alkyl halides is 3. The lowest BCUT2D eigenvalue weighted by Gasteiger charge is -2.28. The number of carbonyl (C=O) groups excluding carboxylic acids is 1. The summed E-state index contributed by atoms with van der Waals surface area (Å²) >= 11 is 0. The minimum absolute atomic E-state index is 0.390. The predicted octanol–water partition coefficient (Wildman–Crippen LogP) is 1.37. The molecule has 1 rings (SSSR count). The summed E-state index contributed by atoms with van der Waals surface area (Å²) in [7, 11) is 0. The van der Waals surface area contributed by atoms with E-state index >= 15 is 0 Å². The maximum Gasteiger partial charge on any atom is 0.419 e. The number of carbonyl (C=O) groups is 2. The van der Waals surface area contributed by atoms with E-state index in [0.29, 0.717) is 4.90 Å². The highest BCUT2D eigenvalue weighted by molar-refractivity contribution is 5.81. The molecule has 2 atom stereocenters. The highest BCUT2D eigenvalue weighted by atomic mass is 19.4. The zero-order chi connectivity index (χ0) is 15.9. The number of β-amino-alcohol motifs (C(OH)–C–C–N with tert-alkyl or cyclic N) is 1. The molecule has 0 aliphatic carbocycles. The molecular weight excluding hydrogens is 283 g/mol. The van der Waals surface area contributed by atoms with Gasteiger partial charge in [-0.2, -0.15) is 13.2 Å². The lowest BCUT2D eigenvalue weighted by molar-refractivity contribution is -0.253. The van der Waals surface area contributed by atoms with Gasteiger partial charge in [0.2, 0.25) is 0 Å². The van der Waals surface area contributed by atoms with Gasteiger partial charge in [-0.15, -0.1) is 0 Å². The van der Waals surface area contributed by atoms with Crippen LogP contribution in [-0.2, 0) is 9.53 Å². The van der Waals surface area contributed by atoms with Crippen LogP contribution in [0, 0.1) is 0 Å². The van der Waals surface area contributed by atoms with Crippen molar-refractivity contribution < 1.29 is 37.7 Å². The molecule has 0 saturated carbocycles.